The fourth-order valence-corrected chi connectivity index (χ4v) is 3.48. The Kier molecular flexibility index (Phi) is 6.33. The van der Waals surface area contributed by atoms with E-state index < -0.39 is 0 Å². The number of hydrogen-bond acceptors (Lipinski definition) is 5. The fraction of sp³-hybridized carbons (Fsp3) is 0.0800. The second kappa shape index (κ2) is 9.49. The summed E-state index contributed by atoms with van der Waals surface area (Å²) in [6.07, 6.45) is 1.52. The van der Waals surface area contributed by atoms with E-state index in [4.69, 9.17) is 16.3 Å². The fourth-order valence-electron chi connectivity index (χ4n) is 3.22. The molecule has 2 N–H and O–H groups in total. The predicted octanol–water partition coefficient (Wildman–Crippen LogP) is 6.11. The molecule has 0 aliphatic rings. The van der Waals surface area contributed by atoms with Crippen LogP contribution in [0.4, 0.5) is 17.2 Å². The van der Waals surface area contributed by atoms with Gasteiger partial charge in [0.05, 0.1) is 17.8 Å². The Morgan fingerprint density at radius 2 is 1.78 bits per heavy atom. The smallest absolute Gasteiger partial charge is 0.255 e. The minimum Gasteiger partial charge on any atom is -0.495 e. The molecular formula is C25H21ClN4O2. The minimum atomic E-state index is -0.252. The van der Waals surface area contributed by atoms with Gasteiger partial charge in [0.15, 0.2) is 0 Å². The van der Waals surface area contributed by atoms with Gasteiger partial charge in [0.2, 0.25) is 0 Å². The van der Waals surface area contributed by atoms with Crippen LogP contribution in [-0.2, 0) is 0 Å². The van der Waals surface area contributed by atoms with E-state index in [-0.39, 0.29) is 5.91 Å². The molecule has 0 saturated heterocycles. The molecule has 0 fully saturated rings. The van der Waals surface area contributed by atoms with Crippen LogP contribution in [0.1, 0.15) is 15.9 Å². The quantitative estimate of drug-likeness (QED) is 0.375. The number of benzene rings is 3. The average molecular weight is 445 g/mol. The Balaban J connectivity index is 1.50. The second-order valence-corrected chi connectivity index (χ2v) is 7.57. The molecule has 4 aromatic rings. The summed E-state index contributed by atoms with van der Waals surface area (Å²) in [4.78, 5) is 21.4. The van der Waals surface area contributed by atoms with Crippen LogP contribution in [0.5, 0.6) is 5.75 Å². The van der Waals surface area contributed by atoms with Gasteiger partial charge in [0.25, 0.3) is 5.91 Å². The highest BCUT2D eigenvalue weighted by Crippen LogP contribution is 2.28. The average Bonchev–Trinajstić information content (AvgIpc) is 2.79. The van der Waals surface area contributed by atoms with Gasteiger partial charge in [-0.25, -0.2) is 9.97 Å². The summed E-state index contributed by atoms with van der Waals surface area (Å²) in [5.41, 5.74) is 4.80. The maximum absolute atomic E-state index is 12.7. The lowest BCUT2D eigenvalue weighted by molar-refractivity contribution is 0.102. The standard InChI is InChI=1S/C25H21ClN4O2/c1-16-5-3-6-17(11-16)22-14-24(28-15-27-22)29-19-8-4-7-18(12-19)25(31)30-20-9-10-23(32-2)21(26)13-20/h3-15H,1-2H3,(H,30,31)(H,27,28,29). The van der Waals surface area contributed by atoms with Crippen LogP contribution < -0.4 is 15.4 Å². The summed E-state index contributed by atoms with van der Waals surface area (Å²) in [5.74, 6) is 0.930. The lowest BCUT2D eigenvalue weighted by atomic mass is 10.1. The summed E-state index contributed by atoms with van der Waals surface area (Å²) in [5, 5.41) is 6.51. The molecule has 0 spiro atoms. The van der Waals surface area contributed by atoms with Gasteiger partial charge in [0.1, 0.15) is 17.9 Å². The summed E-state index contributed by atoms with van der Waals surface area (Å²) < 4.78 is 5.14. The van der Waals surface area contributed by atoms with Gasteiger partial charge in [-0.15, -0.1) is 0 Å². The van der Waals surface area contributed by atoms with Crippen molar-refractivity contribution in [3.63, 3.8) is 0 Å². The normalized spacial score (nSPS) is 10.5. The number of nitrogens with one attached hydrogen (secondary N) is 2. The minimum absolute atomic E-state index is 0.252. The molecule has 1 amide bonds. The van der Waals surface area contributed by atoms with Crippen molar-refractivity contribution in [1.82, 2.24) is 9.97 Å². The van der Waals surface area contributed by atoms with E-state index in [1.807, 2.05) is 37.3 Å². The third-order valence-corrected chi connectivity index (χ3v) is 5.08. The molecule has 1 aromatic heterocycles. The molecule has 4 rings (SSSR count). The van der Waals surface area contributed by atoms with Gasteiger partial charge in [0, 0.05) is 28.6 Å². The van der Waals surface area contributed by atoms with E-state index in [0.29, 0.717) is 27.8 Å². The molecule has 0 aliphatic heterocycles. The number of carbonyl (C=O) groups excluding carboxylic acids is 1. The van der Waals surface area contributed by atoms with Crippen molar-refractivity contribution in [1.29, 1.82) is 0 Å². The Hall–Kier alpha value is -3.90. The number of carbonyl (C=O) groups is 1. The van der Waals surface area contributed by atoms with Crippen molar-refractivity contribution in [2.24, 2.45) is 0 Å². The predicted molar refractivity (Wildman–Crippen MR) is 128 cm³/mol. The van der Waals surface area contributed by atoms with Crippen LogP contribution in [0.15, 0.2) is 79.1 Å². The Labute approximate surface area is 191 Å². The van der Waals surface area contributed by atoms with E-state index in [9.17, 15) is 4.79 Å². The maximum Gasteiger partial charge on any atom is 0.255 e. The van der Waals surface area contributed by atoms with E-state index in [2.05, 4.69) is 26.7 Å². The molecular weight excluding hydrogens is 424 g/mol. The molecule has 0 saturated carbocycles. The summed E-state index contributed by atoms with van der Waals surface area (Å²) in [6, 6.07) is 22.3. The summed E-state index contributed by atoms with van der Waals surface area (Å²) in [6.45, 7) is 2.04. The maximum atomic E-state index is 12.7. The first-order valence-electron chi connectivity index (χ1n) is 9.93. The Morgan fingerprint density at radius 3 is 2.56 bits per heavy atom. The molecule has 1 heterocycles. The zero-order valence-electron chi connectivity index (χ0n) is 17.6. The monoisotopic (exact) mass is 444 g/mol. The number of aromatic nitrogens is 2. The van der Waals surface area contributed by atoms with Crippen LogP contribution in [0, 0.1) is 6.92 Å². The highest BCUT2D eigenvalue weighted by Gasteiger charge is 2.10. The number of halogens is 1. The number of ether oxygens (including phenoxy) is 1. The Morgan fingerprint density at radius 1 is 0.938 bits per heavy atom. The van der Waals surface area contributed by atoms with Crippen molar-refractivity contribution in [3.05, 3.63) is 95.3 Å². The molecule has 0 radical (unpaired) electrons. The number of aryl methyl sites for hydroxylation is 1. The SMILES string of the molecule is COc1ccc(NC(=O)c2cccc(Nc3cc(-c4cccc(C)c4)ncn3)c2)cc1Cl. The van der Waals surface area contributed by atoms with Gasteiger partial charge in [-0.1, -0.05) is 41.4 Å². The zero-order valence-corrected chi connectivity index (χ0v) is 18.4. The molecule has 160 valence electrons. The number of nitrogens with zero attached hydrogens (tertiary/aromatic N) is 2. The van der Waals surface area contributed by atoms with Gasteiger partial charge < -0.3 is 15.4 Å². The van der Waals surface area contributed by atoms with Gasteiger partial charge in [-0.05, 0) is 49.4 Å². The first-order valence-corrected chi connectivity index (χ1v) is 10.3. The van der Waals surface area contributed by atoms with Crippen molar-refractivity contribution in [2.45, 2.75) is 6.92 Å². The first kappa shape index (κ1) is 21.3. The first-order chi connectivity index (χ1) is 15.5. The van der Waals surface area contributed by atoms with Gasteiger partial charge in [-0.3, -0.25) is 4.79 Å². The largest absolute Gasteiger partial charge is 0.495 e. The highest BCUT2D eigenvalue weighted by molar-refractivity contribution is 6.32. The topological polar surface area (TPSA) is 76.1 Å². The van der Waals surface area contributed by atoms with E-state index in [1.54, 1.807) is 43.5 Å². The van der Waals surface area contributed by atoms with E-state index in [1.165, 1.54) is 6.33 Å². The third kappa shape index (κ3) is 5.04. The molecule has 0 atom stereocenters. The Bertz CT molecular complexity index is 1280. The molecule has 0 bridgehead atoms. The summed E-state index contributed by atoms with van der Waals surface area (Å²) in [7, 11) is 1.54. The van der Waals surface area contributed by atoms with Crippen LogP contribution >= 0.6 is 11.6 Å². The molecule has 0 aliphatic carbocycles. The van der Waals surface area contributed by atoms with Crippen LogP contribution in [-0.4, -0.2) is 23.0 Å². The highest BCUT2D eigenvalue weighted by atomic mass is 35.5. The number of rotatable bonds is 6. The van der Waals surface area contributed by atoms with Crippen LogP contribution in [0.2, 0.25) is 5.02 Å². The lowest BCUT2D eigenvalue weighted by Gasteiger charge is -2.10. The number of methoxy groups -OCH3 is 1. The van der Waals surface area contributed by atoms with E-state index in [0.717, 1.165) is 22.5 Å². The van der Waals surface area contributed by atoms with Gasteiger partial charge in [-0.2, -0.15) is 0 Å². The third-order valence-electron chi connectivity index (χ3n) is 4.79. The number of amides is 1. The molecule has 0 unspecified atom stereocenters. The van der Waals surface area contributed by atoms with Crippen LogP contribution in [0.3, 0.4) is 0 Å². The molecule has 7 heteroatoms. The number of anilines is 3. The zero-order chi connectivity index (χ0) is 22.5. The lowest BCUT2D eigenvalue weighted by Crippen LogP contribution is -2.12. The summed E-state index contributed by atoms with van der Waals surface area (Å²) >= 11 is 6.14. The molecule has 6 nitrogen and oxygen atoms in total. The number of hydrogen-bond donors (Lipinski definition) is 2. The van der Waals surface area contributed by atoms with Crippen molar-refractivity contribution in [2.75, 3.05) is 17.7 Å². The molecule has 3 aromatic carbocycles. The van der Waals surface area contributed by atoms with Crippen LogP contribution in [0.25, 0.3) is 11.3 Å². The van der Waals surface area contributed by atoms with Crippen molar-refractivity contribution >= 4 is 34.7 Å². The van der Waals surface area contributed by atoms with E-state index >= 15 is 0 Å². The van der Waals surface area contributed by atoms with Crippen molar-refractivity contribution < 1.29 is 9.53 Å². The van der Waals surface area contributed by atoms with Gasteiger partial charge >= 0.3 is 0 Å². The second-order valence-electron chi connectivity index (χ2n) is 7.17. The van der Waals surface area contributed by atoms with Crippen molar-refractivity contribution in [3.8, 4) is 17.0 Å². The molecule has 32 heavy (non-hydrogen) atoms.